The zero-order valence-corrected chi connectivity index (χ0v) is 9.31. The van der Waals surface area contributed by atoms with Crippen LogP contribution in [-0.2, 0) is 0 Å². The van der Waals surface area contributed by atoms with Crippen molar-refractivity contribution in [3.8, 4) is 0 Å². The van der Waals surface area contributed by atoms with Gasteiger partial charge in [0.05, 0.1) is 5.56 Å². The average Bonchev–Trinajstić information content (AvgIpc) is 2.30. The summed E-state index contributed by atoms with van der Waals surface area (Å²) in [5.74, 6) is 0.0450. The van der Waals surface area contributed by atoms with Crippen LogP contribution >= 0.6 is 0 Å². The van der Waals surface area contributed by atoms with Crippen molar-refractivity contribution in [2.75, 3.05) is 13.1 Å². The maximum absolute atomic E-state index is 10.9. The van der Waals surface area contributed by atoms with Gasteiger partial charge in [-0.05, 0) is 43.0 Å². The van der Waals surface area contributed by atoms with Crippen molar-refractivity contribution in [2.45, 2.75) is 19.3 Å². The lowest BCUT2D eigenvalue weighted by molar-refractivity contribution is 0.0696. The first-order valence-corrected chi connectivity index (χ1v) is 5.57. The fourth-order valence-corrected chi connectivity index (χ4v) is 2.29. The normalized spacial score (nSPS) is 25.3. The van der Waals surface area contributed by atoms with E-state index in [1.165, 1.54) is 6.20 Å². The van der Waals surface area contributed by atoms with E-state index >= 15 is 0 Å². The first-order chi connectivity index (χ1) is 7.68. The van der Waals surface area contributed by atoms with Crippen molar-refractivity contribution in [3.05, 3.63) is 29.6 Å². The van der Waals surface area contributed by atoms with E-state index in [2.05, 4.69) is 17.2 Å². The molecule has 1 saturated heterocycles. The van der Waals surface area contributed by atoms with Crippen molar-refractivity contribution in [2.24, 2.45) is 5.92 Å². The van der Waals surface area contributed by atoms with Crippen LogP contribution < -0.4 is 5.32 Å². The molecule has 1 aromatic rings. The third-order valence-electron chi connectivity index (χ3n) is 3.22. The number of carboxylic acids is 1. The first-order valence-electron chi connectivity index (χ1n) is 5.57. The Morgan fingerprint density at radius 2 is 2.38 bits per heavy atom. The largest absolute Gasteiger partial charge is 0.478 e. The van der Waals surface area contributed by atoms with E-state index in [1.807, 2.05) is 0 Å². The minimum absolute atomic E-state index is 0.281. The van der Waals surface area contributed by atoms with Gasteiger partial charge in [0.2, 0.25) is 0 Å². The highest BCUT2D eigenvalue weighted by Crippen LogP contribution is 2.29. The summed E-state index contributed by atoms with van der Waals surface area (Å²) in [4.78, 5) is 14.9. The highest BCUT2D eigenvalue weighted by atomic mass is 16.4. The molecule has 16 heavy (non-hydrogen) atoms. The van der Waals surface area contributed by atoms with Gasteiger partial charge in [-0.25, -0.2) is 4.79 Å². The van der Waals surface area contributed by atoms with Crippen LogP contribution in [-0.4, -0.2) is 29.1 Å². The first kappa shape index (κ1) is 11.1. The number of carbonyl (C=O) groups is 1. The Labute approximate surface area is 94.7 Å². The van der Waals surface area contributed by atoms with E-state index in [4.69, 9.17) is 5.11 Å². The SMILES string of the molecule is C[C@@H]1CNCC[C@H]1c1cncc(C(=O)O)c1. The molecule has 1 aliphatic rings. The molecule has 1 aromatic heterocycles. The fourth-order valence-electron chi connectivity index (χ4n) is 2.29. The lowest BCUT2D eigenvalue weighted by Crippen LogP contribution is -2.33. The number of piperidine rings is 1. The summed E-state index contributed by atoms with van der Waals surface area (Å²) >= 11 is 0. The molecule has 1 aliphatic heterocycles. The fraction of sp³-hybridized carbons (Fsp3) is 0.500. The molecular weight excluding hydrogens is 204 g/mol. The molecule has 0 amide bonds. The number of rotatable bonds is 2. The molecule has 2 atom stereocenters. The minimum atomic E-state index is -0.907. The van der Waals surface area contributed by atoms with E-state index in [-0.39, 0.29) is 5.56 Å². The number of nitrogens with one attached hydrogen (secondary N) is 1. The molecule has 0 spiro atoms. The summed E-state index contributed by atoms with van der Waals surface area (Å²) in [6.07, 6.45) is 4.24. The second-order valence-corrected chi connectivity index (χ2v) is 4.39. The number of pyridine rings is 1. The highest BCUT2D eigenvalue weighted by molar-refractivity contribution is 5.87. The van der Waals surface area contributed by atoms with Crippen LogP contribution in [0.4, 0.5) is 0 Å². The zero-order valence-electron chi connectivity index (χ0n) is 9.31. The molecule has 1 fully saturated rings. The molecule has 0 saturated carbocycles. The average molecular weight is 220 g/mol. The monoisotopic (exact) mass is 220 g/mol. The van der Waals surface area contributed by atoms with Crippen LogP contribution in [0.1, 0.15) is 35.2 Å². The van der Waals surface area contributed by atoms with Crippen LogP contribution in [0.2, 0.25) is 0 Å². The summed E-state index contributed by atoms with van der Waals surface area (Å²) in [7, 11) is 0. The minimum Gasteiger partial charge on any atom is -0.478 e. The van der Waals surface area contributed by atoms with E-state index in [1.54, 1.807) is 12.3 Å². The molecule has 4 nitrogen and oxygen atoms in total. The lowest BCUT2D eigenvalue weighted by Gasteiger charge is -2.29. The Morgan fingerprint density at radius 3 is 3.06 bits per heavy atom. The lowest BCUT2D eigenvalue weighted by atomic mass is 9.83. The second-order valence-electron chi connectivity index (χ2n) is 4.39. The quantitative estimate of drug-likeness (QED) is 0.792. The van der Waals surface area contributed by atoms with E-state index < -0.39 is 5.97 Å². The van der Waals surface area contributed by atoms with Gasteiger partial charge in [-0.2, -0.15) is 0 Å². The van der Waals surface area contributed by atoms with Gasteiger partial charge in [0.1, 0.15) is 0 Å². The van der Waals surface area contributed by atoms with Crippen LogP contribution in [0.15, 0.2) is 18.5 Å². The van der Waals surface area contributed by atoms with Crippen molar-refractivity contribution < 1.29 is 9.90 Å². The Morgan fingerprint density at radius 1 is 1.56 bits per heavy atom. The highest BCUT2D eigenvalue weighted by Gasteiger charge is 2.23. The predicted molar refractivity (Wildman–Crippen MR) is 60.6 cm³/mol. The van der Waals surface area contributed by atoms with Gasteiger partial charge >= 0.3 is 5.97 Å². The van der Waals surface area contributed by atoms with Crippen molar-refractivity contribution in [1.29, 1.82) is 0 Å². The van der Waals surface area contributed by atoms with Crippen LogP contribution in [0, 0.1) is 5.92 Å². The molecule has 4 heteroatoms. The summed E-state index contributed by atoms with van der Waals surface area (Å²) in [6.45, 7) is 4.17. The third kappa shape index (κ3) is 2.22. The number of nitrogens with zero attached hydrogens (tertiary/aromatic N) is 1. The van der Waals surface area contributed by atoms with Crippen LogP contribution in [0.25, 0.3) is 0 Å². The molecular formula is C12H16N2O2. The second kappa shape index (κ2) is 4.61. The number of aromatic nitrogens is 1. The maximum Gasteiger partial charge on any atom is 0.337 e. The van der Waals surface area contributed by atoms with Crippen molar-refractivity contribution in [1.82, 2.24) is 10.3 Å². The van der Waals surface area contributed by atoms with Gasteiger partial charge in [0.15, 0.2) is 0 Å². The summed E-state index contributed by atoms with van der Waals surface area (Å²) in [5.41, 5.74) is 1.33. The van der Waals surface area contributed by atoms with Gasteiger partial charge < -0.3 is 10.4 Å². The third-order valence-corrected chi connectivity index (χ3v) is 3.22. The van der Waals surface area contributed by atoms with E-state index in [9.17, 15) is 4.79 Å². The summed E-state index contributed by atoms with van der Waals surface area (Å²) < 4.78 is 0. The van der Waals surface area contributed by atoms with Gasteiger partial charge in [0.25, 0.3) is 0 Å². The Kier molecular flexibility index (Phi) is 3.19. The van der Waals surface area contributed by atoms with Gasteiger partial charge in [-0.15, -0.1) is 0 Å². The molecule has 0 radical (unpaired) electrons. The molecule has 0 aliphatic carbocycles. The molecule has 2 N–H and O–H groups in total. The Hall–Kier alpha value is -1.42. The number of carboxylic acid groups (broad SMARTS) is 1. The Bertz CT molecular complexity index is 392. The van der Waals surface area contributed by atoms with Gasteiger partial charge in [-0.3, -0.25) is 4.98 Å². The maximum atomic E-state index is 10.9. The van der Waals surface area contributed by atoms with E-state index in [0.29, 0.717) is 11.8 Å². The smallest absolute Gasteiger partial charge is 0.337 e. The molecule has 86 valence electrons. The zero-order chi connectivity index (χ0) is 11.5. The standard InChI is InChI=1S/C12H16N2O2/c1-8-5-13-3-2-11(8)9-4-10(12(15)16)7-14-6-9/h4,6-8,11,13H,2-3,5H2,1H3,(H,15,16)/t8-,11-/m1/s1. The summed E-state index contributed by atoms with van der Waals surface area (Å²) in [6, 6.07) is 1.75. The summed E-state index contributed by atoms with van der Waals surface area (Å²) in [5, 5.41) is 12.3. The van der Waals surface area contributed by atoms with Gasteiger partial charge in [-0.1, -0.05) is 6.92 Å². The molecule has 2 heterocycles. The van der Waals surface area contributed by atoms with Crippen LogP contribution in [0.3, 0.4) is 0 Å². The Balaban J connectivity index is 2.25. The number of hydrogen-bond donors (Lipinski definition) is 2. The molecule has 0 aromatic carbocycles. The van der Waals surface area contributed by atoms with Crippen LogP contribution in [0.5, 0.6) is 0 Å². The topological polar surface area (TPSA) is 62.2 Å². The van der Waals surface area contributed by atoms with Crippen molar-refractivity contribution in [3.63, 3.8) is 0 Å². The molecule has 2 rings (SSSR count). The van der Waals surface area contributed by atoms with Gasteiger partial charge in [0, 0.05) is 12.4 Å². The van der Waals surface area contributed by atoms with E-state index in [0.717, 1.165) is 25.1 Å². The predicted octanol–water partition coefficient (Wildman–Crippen LogP) is 1.49. The number of aromatic carboxylic acids is 1. The van der Waals surface area contributed by atoms with Crippen molar-refractivity contribution >= 4 is 5.97 Å². The number of hydrogen-bond acceptors (Lipinski definition) is 3. The molecule has 0 unspecified atom stereocenters. The molecule has 0 bridgehead atoms.